The number of nitrogens with zero attached hydrogens (tertiary/aromatic N) is 3. The molecule has 0 aliphatic carbocycles. The molecule has 0 amide bonds. The average Bonchev–Trinajstić information content (AvgIpc) is 4.06. The van der Waals surface area contributed by atoms with Gasteiger partial charge < -0.3 is 24.6 Å². The second-order valence-corrected chi connectivity index (χ2v) is 19.6. The normalized spacial score (nSPS) is 12.0. The second kappa shape index (κ2) is 21.4. The summed E-state index contributed by atoms with van der Waals surface area (Å²) < 4.78 is 17.1. The molecule has 4 aromatic heterocycles. The van der Waals surface area contributed by atoms with Gasteiger partial charge in [0.1, 0.15) is 29.1 Å². The molecule has 9 nitrogen and oxygen atoms in total. The first kappa shape index (κ1) is 45.1. The maximum absolute atomic E-state index is 11.5. The fourth-order valence-electron chi connectivity index (χ4n) is 7.16. The molecule has 0 radical (unpaired) electrons. The van der Waals surface area contributed by atoms with Gasteiger partial charge in [0.15, 0.2) is 0 Å². The lowest BCUT2D eigenvalue weighted by molar-refractivity contribution is -0.139. The van der Waals surface area contributed by atoms with Crippen molar-refractivity contribution in [3.63, 3.8) is 0 Å². The van der Waals surface area contributed by atoms with Crippen molar-refractivity contribution < 1.29 is 29.3 Å². The van der Waals surface area contributed by atoms with Crippen molar-refractivity contribution >= 4 is 99.2 Å². The summed E-state index contributed by atoms with van der Waals surface area (Å²) in [6, 6.07) is 34.9. The Morgan fingerprint density at radius 2 is 1.25 bits per heavy atom. The van der Waals surface area contributed by atoms with Gasteiger partial charge in [-0.25, -0.2) is 4.79 Å². The molecule has 3 aromatic carbocycles. The van der Waals surface area contributed by atoms with E-state index in [1.165, 1.54) is 41.6 Å². The zero-order chi connectivity index (χ0) is 44.3. The van der Waals surface area contributed by atoms with Gasteiger partial charge in [-0.1, -0.05) is 76.6 Å². The number of carbonyl (C=O) groups is 2. The standard InChI is InChI=1S/C50H47N3O6S4/c1-3-5-7-9-21-58-38-19-20-41(42(25-38)59-22-10-8-6-4-2)53(36-15-11-32(12-16-36)43-28-47-45(62-43)26-39(60-47)23-34(30-51)49(54)55)37-17-13-33(14-18-37)44-29-48-46(63-44)27-40(61-48)24-35(31-52)50(56)57/h11-20,23,25-29,35H,3-10,21-22,24H2,1-2H3,(H,54,55)(H,56,57)/b34-23+. The van der Waals surface area contributed by atoms with E-state index in [2.05, 4.69) is 85.5 Å². The van der Waals surface area contributed by atoms with Crippen molar-refractivity contribution in [1.82, 2.24) is 0 Å². The summed E-state index contributed by atoms with van der Waals surface area (Å²) in [5, 5.41) is 37.2. The number of unbranched alkanes of at least 4 members (excludes halogenated alkanes) is 6. The molecular formula is C50H47N3O6S4. The van der Waals surface area contributed by atoms with Crippen LogP contribution in [0, 0.1) is 28.6 Å². The Labute approximate surface area is 383 Å². The lowest BCUT2D eigenvalue weighted by atomic mass is 10.1. The molecule has 63 heavy (non-hydrogen) atoms. The largest absolute Gasteiger partial charge is 0.493 e. The van der Waals surface area contributed by atoms with Crippen LogP contribution < -0.4 is 14.4 Å². The van der Waals surface area contributed by atoms with Gasteiger partial charge in [-0.05, 0) is 90.7 Å². The third kappa shape index (κ3) is 11.2. The third-order valence-electron chi connectivity index (χ3n) is 10.5. The number of hydrogen-bond donors (Lipinski definition) is 2. The highest BCUT2D eigenvalue weighted by Gasteiger charge is 2.22. The minimum absolute atomic E-state index is 0.195. The SMILES string of the molecule is CCCCCCOc1ccc(N(c2ccc(-c3cc4sc(/C=C(\C#N)C(=O)O)cc4s3)cc2)c2ccc(-c3cc4sc(CC(C#N)C(=O)O)cc4s3)cc2)c(OCCCCCC)c1. The average molecular weight is 914 g/mol. The van der Waals surface area contributed by atoms with Crippen LogP contribution in [0.2, 0.25) is 0 Å². The van der Waals surface area contributed by atoms with Gasteiger partial charge in [0.2, 0.25) is 0 Å². The highest BCUT2D eigenvalue weighted by atomic mass is 32.1. The van der Waals surface area contributed by atoms with Crippen molar-refractivity contribution in [2.24, 2.45) is 5.92 Å². The first-order chi connectivity index (χ1) is 30.7. The van der Waals surface area contributed by atoms with Crippen LogP contribution in [0.4, 0.5) is 17.1 Å². The summed E-state index contributed by atoms with van der Waals surface area (Å²) in [7, 11) is 0. The van der Waals surface area contributed by atoms with Crippen LogP contribution in [0.1, 0.15) is 75.0 Å². The van der Waals surface area contributed by atoms with Crippen LogP contribution in [0.3, 0.4) is 0 Å². The summed E-state index contributed by atoms with van der Waals surface area (Å²) >= 11 is 6.28. The molecule has 0 saturated heterocycles. The van der Waals surface area contributed by atoms with E-state index < -0.39 is 17.9 Å². The molecule has 322 valence electrons. The molecule has 7 rings (SSSR count). The van der Waals surface area contributed by atoms with E-state index in [1.807, 2.05) is 30.3 Å². The Kier molecular flexibility index (Phi) is 15.3. The van der Waals surface area contributed by atoms with Crippen molar-refractivity contribution in [2.75, 3.05) is 18.1 Å². The van der Waals surface area contributed by atoms with Crippen molar-refractivity contribution in [2.45, 2.75) is 71.6 Å². The molecule has 0 saturated carbocycles. The van der Waals surface area contributed by atoms with E-state index in [1.54, 1.807) is 28.7 Å². The highest BCUT2D eigenvalue weighted by Crippen LogP contribution is 2.45. The summed E-state index contributed by atoms with van der Waals surface area (Å²) in [6.45, 7) is 5.64. The first-order valence-corrected chi connectivity index (χ1v) is 24.4. The minimum atomic E-state index is -1.24. The minimum Gasteiger partial charge on any atom is -0.493 e. The monoisotopic (exact) mass is 913 g/mol. The fourth-order valence-corrected chi connectivity index (χ4v) is 12.0. The Hall–Kier alpha value is -5.96. The van der Waals surface area contributed by atoms with Crippen LogP contribution in [0.25, 0.3) is 45.8 Å². The molecule has 0 aliphatic rings. The second-order valence-electron chi connectivity index (χ2n) is 15.1. The number of benzene rings is 3. The lowest BCUT2D eigenvalue weighted by Crippen LogP contribution is -2.13. The van der Waals surface area contributed by atoms with Crippen LogP contribution in [-0.2, 0) is 16.0 Å². The number of ether oxygens (including phenoxy) is 2. The number of carboxylic acid groups (broad SMARTS) is 2. The third-order valence-corrected chi connectivity index (χ3v) is 15.1. The van der Waals surface area contributed by atoms with Gasteiger partial charge in [-0.15, -0.1) is 45.3 Å². The Bertz CT molecular complexity index is 2740. The van der Waals surface area contributed by atoms with E-state index in [9.17, 15) is 30.3 Å². The number of fused-ring (bicyclic) bond motifs is 2. The fraction of sp³-hybridized carbons (Fsp3) is 0.280. The smallest absolute Gasteiger partial charge is 0.346 e. The Balaban J connectivity index is 1.21. The quantitative estimate of drug-likeness (QED) is 0.0386. The van der Waals surface area contributed by atoms with E-state index in [-0.39, 0.29) is 12.0 Å². The molecule has 0 aliphatic heterocycles. The highest BCUT2D eigenvalue weighted by molar-refractivity contribution is 7.30. The topological polar surface area (TPSA) is 144 Å². The number of aliphatic carboxylic acids is 2. The zero-order valence-electron chi connectivity index (χ0n) is 35.1. The molecule has 1 atom stereocenters. The summed E-state index contributed by atoms with van der Waals surface area (Å²) in [5.41, 5.74) is 4.60. The van der Waals surface area contributed by atoms with Gasteiger partial charge in [0.05, 0.1) is 25.0 Å². The van der Waals surface area contributed by atoms with Crippen LogP contribution in [0.15, 0.2) is 96.6 Å². The summed E-state index contributed by atoms with van der Waals surface area (Å²) in [4.78, 5) is 28.9. The van der Waals surface area contributed by atoms with E-state index in [0.29, 0.717) is 13.2 Å². The number of nitriles is 2. The summed E-state index contributed by atoms with van der Waals surface area (Å²) in [5.74, 6) is -1.88. The molecule has 2 N–H and O–H groups in total. The molecule has 13 heteroatoms. The van der Waals surface area contributed by atoms with E-state index in [0.717, 1.165) is 117 Å². The number of hydrogen-bond acceptors (Lipinski definition) is 11. The molecule has 0 fully saturated rings. The van der Waals surface area contributed by atoms with E-state index in [4.69, 9.17) is 9.47 Å². The molecular weight excluding hydrogens is 867 g/mol. The first-order valence-electron chi connectivity index (χ1n) is 21.1. The Morgan fingerprint density at radius 1 is 0.683 bits per heavy atom. The summed E-state index contributed by atoms with van der Waals surface area (Å²) in [6.07, 6.45) is 10.4. The van der Waals surface area contributed by atoms with Crippen molar-refractivity contribution in [3.05, 3.63) is 106 Å². The maximum Gasteiger partial charge on any atom is 0.346 e. The molecule has 1 unspecified atom stereocenters. The van der Waals surface area contributed by atoms with E-state index >= 15 is 0 Å². The molecule has 0 spiro atoms. The Morgan fingerprint density at radius 3 is 1.78 bits per heavy atom. The van der Waals surface area contributed by atoms with Gasteiger partial charge >= 0.3 is 11.9 Å². The van der Waals surface area contributed by atoms with Gasteiger partial charge in [0, 0.05) is 62.2 Å². The van der Waals surface area contributed by atoms with Crippen molar-refractivity contribution in [3.8, 4) is 44.5 Å². The van der Waals surface area contributed by atoms with Gasteiger partial charge in [0.25, 0.3) is 0 Å². The predicted molar refractivity (Wildman–Crippen MR) is 259 cm³/mol. The number of carboxylic acids is 2. The lowest BCUT2D eigenvalue weighted by Gasteiger charge is -2.28. The molecule has 0 bridgehead atoms. The number of anilines is 3. The molecule has 4 heterocycles. The number of rotatable bonds is 22. The van der Waals surface area contributed by atoms with Crippen molar-refractivity contribution in [1.29, 1.82) is 10.5 Å². The van der Waals surface area contributed by atoms with Crippen LogP contribution >= 0.6 is 45.3 Å². The predicted octanol–water partition coefficient (Wildman–Crippen LogP) is 14.7. The van der Waals surface area contributed by atoms with Gasteiger partial charge in [-0.2, -0.15) is 10.5 Å². The van der Waals surface area contributed by atoms with Gasteiger partial charge in [-0.3, -0.25) is 4.79 Å². The zero-order valence-corrected chi connectivity index (χ0v) is 38.4. The maximum atomic E-state index is 11.5. The van der Waals surface area contributed by atoms with Crippen LogP contribution in [0.5, 0.6) is 11.5 Å². The number of thiophene rings is 4. The van der Waals surface area contributed by atoms with Crippen LogP contribution in [-0.4, -0.2) is 35.4 Å². The molecule has 7 aromatic rings.